The standard InChI is InChI=1S/C4H8.6K.HO3P.6H/c1-2-4-3-1;;;;;;;1-4(2)3;;;;;;/h1-4H2;;;;;;;(H-,1,2,3);;;;;;/q;6*+1;;6*-1/p+1. The second-order valence-corrected chi connectivity index (χ2v) is 2.17. The van der Waals surface area contributed by atoms with E-state index in [1.54, 1.807) is 0 Å². The van der Waals surface area contributed by atoms with Crippen LogP contribution in [0.2, 0.25) is 0 Å². The average Bonchev–Trinajstić information content (AvgIpc) is 1.19. The Hall–Kier alpha value is 9.84. The summed E-state index contributed by atoms with van der Waals surface area (Å²) in [7, 11) is -2.87. The Kier molecular flexibility index (Phi) is 120. The molecule has 10 heteroatoms. The predicted octanol–water partition coefficient (Wildman–Crippen LogP) is -16.1. The van der Waals surface area contributed by atoms with Crippen LogP contribution in [-0.2, 0) is 4.57 Å². The molecule has 3 nitrogen and oxygen atoms in total. The monoisotopic (exact) mass is 377 g/mol. The van der Waals surface area contributed by atoms with Gasteiger partial charge in [-0.25, -0.2) is 0 Å². The zero-order valence-corrected chi connectivity index (χ0v) is 30.2. The van der Waals surface area contributed by atoms with E-state index in [-0.39, 0.29) is 317 Å². The first-order valence-corrected chi connectivity index (χ1v) is 3.75. The van der Waals surface area contributed by atoms with Gasteiger partial charge in [0.2, 0.25) is 0 Å². The van der Waals surface area contributed by atoms with Gasteiger partial charge in [-0.2, -0.15) is 0 Å². The fraction of sp³-hybridized carbons (Fsp3) is 1.00. The molecule has 0 radical (unpaired) electrons. The molecule has 0 spiro atoms. The van der Waals surface area contributed by atoms with Gasteiger partial charge in [0.05, 0.1) is 0 Å². The maximum Gasteiger partial charge on any atom is 1.00 e. The number of hydrogen-bond acceptors (Lipinski definition) is 1. The Morgan fingerprint density at radius 1 is 0.714 bits per heavy atom. The Balaban J connectivity index is -0.00000000278. The molecule has 0 amide bonds. The fourth-order valence-corrected chi connectivity index (χ4v) is 0.250. The maximum absolute atomic E-state index is 8.70. The minimum absolute atomic E-state index is 0. The van der Waals surface area contributed by atoms with E-state index in [1.165, 1.54) is 25.7 Å². The molecular weight excluding hydrogens is 362 g/mol. The van der Waals surface area contributed by atoms with E-state index < -0.39 is 8.25 Å². The molecule has 0 saturated heterocycles. The summed E-state index contributed by atoms with van der Waals surface area (Å²) in [6.07, 6.45) is 6.00. The minimum atomic E-state index is -2.87. The summed E-state index contributed by atoms with van der Waals surface area (Å²) in [6, 6.07) is 0. The van der Waals surface area contributed by atoms with Crippen molar-refractivity contribution in [2.24, 2.45) is 0 Å². The van der Waals surface area contributed by atoms with Crippen molar-refractivity contribution >= 4 is 8.25 Å². The van der Waals surface area contributed by atoms with Gasteiger partial charge in [0.15, 0.2) is 0 Å². The van der Waals surface area contributed by atoms with Gasteiger partial charge in [0.1, 0.15) is 0 Å². The number of hydrogen-bond donors (Lipinski definition) is 2. The molecule has 14 heavy (non-hydrogen) atoms. The SMILES string of the molecule is C1CCC1.O=[P+](O)O.[H-].[H-].[H-].[H-].[H-].[H-].[K+].[K+].[K+].[K+].[K+].[K+]. The van der Waals surface area contributed by atoms with E-state index in [0.29, 0.717) is 0 Å². The van der Waals surface area contributed by atoms with E-state index in [2.05, 4.69) is 0 Å². The summed E-state index contributed by atoms with van der Waals surface area (Å²) in [5.74, 6) is 0. The van der Waals surface area contributed by atoms with E-state index >= 15 is 0 Å². The third kappa shape index (κ3) is 49.5. The molecule has 60 valence electrons. The van der Waals surface area contributed by atoms with Crippen LogP contribution in [0.15, 0.2) is 0 Å². The van der Waals surface area contributed by atoms with Crippen LogP contribution in [0.3, 0.4) is 0 Å². The van der Waals surface area contributed by atoms with Crippen molar-refractivity contribution in [3.8, 4) is 0 Å². The van der Waals surface area contributed by atoms with Crippen LogP contribution in [0.4, 0.5) is 0 Å². The second kappa shape index (κ2) is 38.4. The second-order valence-electron chi connectivity index (χ2n) is 1.67. The van der Waals surface area contributed by atoms with Gasteiger partial charge in [-0.05, 0) is 0 Å². The molecule has 2 N–H and O–H groups in total. The third-order valence-electron chi connectivity index (χ3n) is 1.000. The van der Waals surface area contributed by atoms with Crippen molar-refractivity contribution in [1.82, 2.24) is 0 Å². The molecule has 0 aliphatic heterocycles. The van der Waals surface area contributed by atoms with Gasteiger partial charge in [-0.15, -0.1) is 9.79 Å². The van der Waals surface area contributed by atoms with Crippen LogP contribution < -0.4 is 308 Å². The van der Waals surface area contributed by atoms with Gasteiger partial charge in [-0.3, -0.25) is 0 Å². The van der Waals surface area contributed by atoms with Crippen molar-refractivity contribution in [3.63, 3.8) is 0 Å². The Morgan fingerprint density at radius 3 is 0.786 bits per heavy atom. The maximum atomic E-state index is 8.70. The van der Waals surface area contributed by atoms with Crippen molar-refractivity contribution in [2.75, 3.05) is 0 Å². The molecule has 1 aliphatic carbocycles. The van der Waals surface area contributed by atoms with Crippen LogP contribution in [0.5, 0.6) is 0 Å². The van der Waals surface area contributed by atoms with Crippen molar-refractivity contribution in [3.05, 3.63) is 0 Å². The molecular formula is C4H16K6O3P+. The Morgan fingerprint density at radius 2 is 0.786 bits per heavy atom. The zero-order chi connectivity index (χ0) is 6.41. The molecule has 1 rings (SSSR count). The molecule has 0 aromatic heterocycles. The van der Waals surface area contributed by atoms with Gasteiger partial charge >= 0.3 is 317 Å². The molecule has 1 aliphatic rings. The van der Waals surface area contributed by atoms with Crippen LogP contribution in [0.1, 0.15) is 34.2 Å². The zero-order valence-electron chi connectivity index (χ0n) is 16.6. The van der Waals surface area contributed by atoms with Gasteiger partial charge in [0, 0.05) is 4.57 Å². The summed E-state index contributed by atoms with van der Waals surface area (Å²) in [5.41, 5.74) is 0. The first-order valence-electron chi connectivity index (χ1n) is 2.58. The molecule has 0 aromatic rings. The molecule has 0 atom stereocenters. The molecule has 0 heterocycles. The quantitative estimate of drug-likeness (QED) is 0.326. The molecule has 0 aromatic carbocycles. The molecule has 1 saturated carbocycles. The van der Waals surface area contributed by atoms with E-state index in [9.17, 15) is 0 Å². The summed E-state index contributed by atoms with van der Waals surface area (Å²) >= 11 is 0. The normalized spacial score (nSPS) is 8.71. The van der Waals surface area contributed by atoms with Crippen LogP contribution >= 0.6 is 8.25 Å². The first-order chi connectivity index (χ1) is 3.73. The van der Waals surface area contributed by atoms with Crippen LogP contribution in [0, 0.1) is 0 Å². The Bertz CT molecular complexity index is 93.1. The largest absolute Gasteiger partial charge is 1.00 e. The van der Waals surface area contributed by atoms with Crippen molar-refractivity contribution < 1.29 is 331 Å². The Labute approximate surface area is 352 Å². The molecule has 0 bridgehead atoms. The average molecular weight is 378 g/mol. The fourth-order valence-electron chi connectivity index (χ4n) is 0.250. The van der Waals surface area contributed by atoms with Crippen molar-refractivity contribution in [2.45, 2.75) is 25.7 Å². The van der Waals surface area contributed by atoms with E-state index in [1.807, 2.05) is 0 Å². The van der Waals surface area contributed by atoms with E-state index in [0.717, 1.165) is 0 Å². The summed E-state index contributed by atoms with van der Waals surface area (Å²) < 4.78 is 8.70. The van der Waals surface area contributed by atoms with Gasteiger partial charge in [0.25, 0.3) is 0 Å². The van der Waals surface area contributed by atoms with Crippen LogP contribution in [-0.4, -0.2) is 9.79 Å². The minimum Gasteiger partial charge on any atom is -1.00 e. The summed E-state index contributed by atoms with van der Waals surface area (Å²) in [5, 5.41) is 0. The number of rotatable bonds is 0. The molecule has 0 unspecified atom stereocenters. The van der Waals surface area contributed by atoms with E-state index in [4.69, 9.17) is 14.4 Å². The molecule has 1 fully saturated rings. The van der Waals surface area contributed by atoms with Gasteiger partial charge in [-0.1, -0.05) is 25.7 Å². The topological polar surface area (TPSA) is 57.5 Å². The summed E-state index contributed by atoms with van der Waals surface area (Å²) in [4.78, 5) is 14.2. The first kappa shape index (κ1) is 43.9. The van der Waals surface area contributed by atoms with Crippen molar-refractivity contribution in [1.29, 1.82) is 0 Å². The summed E-state index contributed by atoms with van der Waals surface area (Å²) in [6.45, 7) is 0. The smallest absolute Gasteiger partial charge is 1.00 e. The van der Waals surface area contributed by atoms with Crippen LogP contribution in [0.25, 0.3) is 0 Å². The third-order valence-corrected chi connectivity index (χ3v) is 1.000. The van der Waals surface area contributed by atoms with Gasteiger partial charge < -0.3 is 8.56 Å². The predicted molar refractivity (Wildman–Crippen MR) is 37.2 cm³/mol.